The summed E-state index contributed by atoms with van der Waals surface area (Å²) in [5, 5.41) is 5.97. The Morgan fingerprint density at radius 2 is 1.95 bits per heavy atom. The number of methoxy groups -OCH3 is 1. The summed E-state index contributed by atoms with van der Waals surface area (Å²) in [6.45, 7) is 2.36. The fourth-order valence-electron chi connectivity index (χ4n) is 1.58. The molecular formula is C13H16BrN5O2. The molecule has 0 radical (unpaired) electrons. The molecule has 0 bridgehead atoms. The summed E-state index contributed by atoms with van der Waals surface area (Å²) in [5.74, 6) is 1.54. The molecule has 1 heterocycles. The molecule has 0 atom stereocenters. The Balaban J connectivity index is 2.27. The van der Waals surface area contributed by atoms with Gasteiger partial charge in [-0.3, -0.25) is 0 Å². The molecule has 7 nitrogen and oxygen atoms in total. The molecule has 1 aromatic heterocycles. The number of hydrogen-bond donors (Lipinski definition) is 2. The first kappa shape index (κ1) is 15.3. The minimum Gasteiger partial charge on any atom is -0.495 e. The summed E-state index contributed by atoms with van der Waals surface area (Å²) in [6, 6.07) is 5.87. The maximum atomic E-state index is 5.32. The Kier molecular flexibility index (Phi) is 5.15. The van der Waals surface area contributed by atoms with Gasteiger partial charge in [0.15, 0.2) is 0 Å². The van der Waals surface area contributed by atoms with Crippen LogP contribution in [0.3, 0.4) is 0 Å². The molecule has 112 valence electrons. The molecule has 2 rings (SSSR count). The van der Waals surface area contributed by atoms with E-state index in [4.69, 9.17) is 9.47 Å². The summed E-state index contributed by atoms with van der Waals surface area (Å²) in [4.78, 5) is 12.5. The molecule has 0 amide bonds. The number of anilines is 3. The summed E-state index contributed by atoms with van der Waals surface area (Å²) in [7, 11) is 3.34. The fraction of sp³-hybridized carbons (Fsp3) is 0.308. The van der Waals surface area contributed by atoms with Crippen LogP contribution in [0.1, 0.15) is 6.92 Å². The van der Waals surface area contributed by atoms with E-state index in [1.54, 1.807) is 14.2 Å². The van der Waals surface area contributed by atoms with Crippen LogP contribution in [0.2, 0.25) is 0 Å². The van der Waals surface area contributed by atoms with Crippen molar-refractivity contribution in [2.24, 2.45) is 0 Å². The number of nitrogens with one attached hydrogen (secondary N) is 2. The van der Waals surface area contributed by atoms with Gasteiger partial charge in [-0.05, 0) is 35.0 Å². The van der Waals surface area contributed by atoms with Gasteiger partial charge in [0.25, 0.3) is 0 Å². The van der Waals surface area contributed by atoms with Crippen LogP contribution in [0.4, 0.5) is 17.6 Å². The monoisotopic (exact) mass is 353 g/mol. The lowest BCUT2D eigenvalue weighted by molar-refractivity contribution is 0.312. The maximum absolute atomic E-state index is 5.32. The van der Waals surface area contributed by atoms with Gasteiger partial charge in [-0.25, -0.2) is 0 Å². The van der Waals surface area contributed by atoms with Crippen LogP contribution in [0.25, 0.3) is 0 Å². The van der Waals surface area contributed by atoms with Gasteiger partial charge in [-0.15, -0.1) is 0 Å². The first-order valence-electron chi connectivity index (χ1n) is 6.33. The molecule has 8 heteroatoms. The van der Waals surface area contributed by atoms with Gasteiger partial charge in [0.05, 0.1) is 18.2 Å². The summed E-state index contributed by atoms with van der Waals surface area (Å²) < 4.78 is 11.4. The molecule has 1 aromatic carbocycles. The largest absolute Gasteiger partial charge is 0.495 e. The lowest BCUT2D eigenvalue weighted by atomic mass is 10.3. The zero-order chi connectivity index (χ0) is 15.2. The van der Waals surface area contributed by atoms with E-state index >= 15 is 0 Å². The summed E-state index contributed by atoms with van der Waals surface area (Å²) in [6.07, 6.45) is 0. The second-order valence-electron chi connectivity index (χ2n) is 3.92. The predicted octanol–water partition coefficient (Wildman–Crippen LogP) is 2.83. The summed E-state index contributed by atoms with van der Waals surface area (Å²) >= 11 is 3.41. The second kappa shape index (κ2) is 7.07. The maximum Gasteiger partial charge on any atom is 0.323 e. The predicted molar refractivity (Wildman–Crippen MR) is 84.5 cm³/mol. The molecule has 0 spiro atoms. The number of rotatable bonds is 6. The number of ether oxygens (including phenoxy) is 2. The SMILES string of the molecule is CCOc1nc(NC)nc(Nc2ccc(Br)c(OC)c2)n1. The molecule has 0 saturated carbocycles. The van der Waals surface area contributed by atoms with Gasteiger partial charge in [-0.2, -0.15) is 15.0 Å². The van der Waals surface area contributed by atoms with Crippen LogP contribution in [-0.2, 0) is 0 Å². The molecule has 2 N–H and O–H groups in total. The van der Waals surface area contributed by atoms with Crippen LogP contribution >= 0.6 is 15.9 Å². The standard InChI is InChI=1S/C13H16BrN5O2/c1-4-21-13-18-11(15-2)17-12(19-13)16-8-5-6-9(14)10(7-8)20-3/h5-7H,4H2,1-3H3,(H2,15,16,17,18,19). The highest BCUT2D eigenvalue weighted by Gasteiger charge is 2.08. The molecule has 0 unspecified atom stereocenters. The smallest absolute Gasteiger partial charge is 0.323 e. The van der Waals surface area contributed by atoms with E-state index in [9.17, 15) is 0 Å². The van der Waals surface area contributed by atoms with Crippen molar-refractivity contribution in [3.63, 3.8) is 0 Å². The zero-order valence-corrected chi connectivity index (χ0v) is 13.6. The van der Waals surface area contributed by atoms with E-state index in [2.05, 4.69) is 41.5 Å². The average molecular weight is 354 g/mol. The molecule has 21 heavy (non-hydrogen) atoms. The lowest BCUT2D eigenvalue weighted by Crippen LogP contribution is -2.07. The molecule has 0 fully saturated rings. The van der Waals surface area contributed by atoms with Crippen molar-refractivity contribution in [2.75, 3.05) is 31.4 Å². The number of halogens is 1. The van der Waals surface area contributed by atoms with Gasteiger partial charge in [0.2, 0.25) is 11.9 Å². The van der Waals surface area contributed by atoms with Crippen molar-refractivity contribution in [3.05, 3.63) is 22.7 Å². The highest BCUT2D eigenvalue weighted by atomic mass is 79.9. The van der Waals surface area contributed by atoms with E-state index in [-0.39, 0.29) is 6.01 Å². The topological polar surface area (TPSA) is 81.2 Å². The van der Waals surface area contributed by atoms with Crippen LogP contribution in [-0.4, -0.2) is 35.7 Å². The van der Waals surface area contributed by atoms with E-state index in [1.165, 1.54) is 0 Å². The third-order valence-corrected chi connectivity index (χ3v) is 3.17. The van der Waals surface area contributed by atoms with Gasteiger partial charge >= 0.3 is 6.01 Å². The normalized spacial score (nSPS) is 10.1. The van der Waals surface area contributed by atoms with Crippen molar-refractivity contribution in [2.45, 2.75) is 6.92 Å². The van der Waals surface area contributed by atoms with Gasteiger partial charge in [0.1, 0.15) is 5.75 Å². The van der Waals surface area contributed by atoms with Crippen LogP contribution < -0.4 is 20.1 Å². The first-order valence-corrected chi connectivity index (χ1v) is 7.12. The van der Waals surface area contributed by atoms with E-state index < -0.39 is 0 Å². The van der Waals surface area contributed by atoms with Crippen LogP contribution in [0, 0.1) is 0 Å². The number of aromatic nitrogens is 3. The van der Waals surface area contributed by atoms with Gasteiger partial charge in [0, 0.05) is 18.8 Å². The number of benzene rings is 1. The second-order valence-corrected chi connectivity index (χ2v) is 4.78. The van der Waals surface area contributed by atoms with Crippen molar-refractivity contribution >= 4 is 33.5 Å². The molecule has 2 aromatic rings. The van der Waals surface area contributed by atoms with E-state index in [0.717, 1.165) is 10.2 Å². The molecular weight excluding hydrogens is 338 g/mol. The van der Waals surface area contributed by atoms with Gasteiger partial charge < -0.3 is 20.1 Å². The van der Waals surface area contributed by atoms with E-state index in [0.29, 0.717) is 24.3 Å². The first-order chi connectivity index (χ1) is 10.2. The van der Waals surface area contributed by atoms with Crippen molar-refractivity contribution < 1.29 is 9.47 Å². The molecule has 0 aliphatic heterocycles. The minimum atomic E-state index is 0.267. The fourth-order valence-corrected chi connectivity index (χ4v) is 1.99. The zero-order valence-electron chi connectivity index (χ0n) is 12.0. The highest BCUT2D eigenvalue weighted by molar-refractivity contribution is 9.10. The minimum absolute atomic E-state index is 0.267. The highest BCUT2D eigenvalue weighted by Crippen LogP contribution is 2.29. The number of nitrogens with zero attached hydrogens (tertiary/aromatic N) is 3. The third-order valence-electron chi connectivity index (χ3n) is 2.52. The quantitative estimate of drug-likeness (QED) is 0.826. The Morgan fingerprint density at radius 1 is 1.19 bits per heavy atom. The molecule has 0 saturated heterocycles. The van der Waals surface area contributed by atoms with Crippen LogP contribution in [0.15, 0.2) is 22.7 Å². The molecule has 0 aliphatic carbocycles. The van der Waals surface area contributed by atoms with E-state index in [1.807, 2.05) is 25.1 Å². The Bertz CT molecular complexity index is 624. The van der Waals surface area contributed by atoms with Crippen molar-refractivity contribution in [1.82, 2.24) is 15.0 Å². The van der Waals surface area contributed by atoms with Crippen LogP contribution in [0.5, 0.6) is 11.8 Å². The van der Waals surface area contributed by atoms with Crippen molar-refractivity contribution in [3.8, 4) is 11.8 Å². The van der Waals surface area contributed by atoms with Crippen molar-refractivity contribution in [1.29, 1.82) is 0 Å². The average Bonchev–Trinajstić information content (AvgIpc) is 2.49. The Hall–Kier alpha value is -2.09. The number of hydrogen-bond acceptors (Lipinski definition) is 7. The third kappa shape index (κ3) is 3.94. The lowest BCUT2D eigenvalue weighted by Gasteiger charge is -2.10. The summed E-state index contributed by atoms with van der Waals surface area (Å²) in [5.41, 5.74) is 0.797. The van der Waals surface area contributed by atoms with Gasteiger partial charge in [-0.1, -0.05) is 0 Å². The molecule has 0 aliphatic rings. The Morgan fingerprint density at radius 3 is 2.62 bits per heavy atom. The Labute approximate surface area is 131 Å².